The number of β-amino-alcohol motifs (C(OH)–C–C–N with tert-alkyl or cyclic N) is 1. The molecule has 1 aromatic carbocycles. The summed E-state index contributed by atoms with van der Waals surface area (Å²) in [6, 6.07) is 5.45. The first-order valence-electron chi connectivity index (χ1n) is 7.28. The maximum Gasteiger partial charge on any atom is 0.251 e. The molecule has 3 N–H and O–H groups in total. The van der Waals surface area contributed by atoms with E-state index in [-0.39, 0.29) is 24.2 Å². The molecule has 2 heterocycles. The second-order valence-corrected chi connectivity index (χ2v) is 5.54. The number of aromatic nitrogens is 3. The smallest absolute Gasteiger partial charge is 0.251 e. The number of aryl methyl sites for hydroxylation is 1. The van der Waals surface area contributed by atoms with Crippen molar-refractivity contribution < 1.29 is 9.90 Å². The van der Waals surface area contributed by atoms with Gasteiger partial charge in [-0.15, -0.1) is 12.4 Å². The molecule has 1 saturated heterocycles. The quantitative estimate of drug-likeness (QED) is 0.746. The number of rotatable bonds is 4. The Balaban J connectivity index is 0.00000192. The van der Waals surface area contributed by atoms with Crippen LogP contribution in [0.2, 0.25) is 0 Å². The zero-order valence-electron chi connectivity index (χ0n) is 12.8. The zero-order chi connectivity index (χ0) is 15.5. The highest BCUT2D eigenvalue weighted by molar-refractivity contribution is 5.94. The van der Waals surface area contributed by atoms with Crippen molar-refractivity contribution in [2.75, 3.05) is 19.6 Å². The maximum atomic E-state index is 12.2. The molecule has 2 atom stereocenters. The highest BCUT2D eigenvalue weighted by Gasteiger charge is 2.25. The average molecular weight is 338 g/mol. The Morgan fingerprint density at radius 1 is 1.48 bits per heavy atom. The van der Waals surface area contributed by atoms with E-state index in [1.165, 1.54) is 6.33 Å². The second kappa shape index (κ2) is 7.54. The molecule has 1 fully saturated rings. The van der Waals surface area contributed by atoms with E-state index in [1.807, 2.05) is 19.1 Å². The third-order valence-electron chi connectivity index (χ3n) is 3.95. The molecule has 0 saturated carbocycles. The molecular formula is C15H20ClN5O2. The summed E-state index contributed by atoms with van der Waals surface area (Å²) in [6.45, 7) is 3.72. The lowest BCUT2D eigenvalue weighted by Gasteiger charge is -2.14. The van der Waals surface area contributed by atoms with Crippen LogP contribution in [-0.4, -0.2) is 51.5 Å². The summed E-state index contributed by atoms with van der Waals surface area (Å²) in [6.07, 6.45) is 2.70. The van der Waals surface area contributed by atoms with Crippen molar-refractivity contribution in [1.29, 1.82) is 0 Å². The lowest BCUT2D eigenvalue weighted by atomic mass is 10.1. The van der Waals surface area contributed by atoms with Gasteiger partial charge < -0.3 is 15.7 Å². The van der Waals surface area contributed by atoms with Crippen LogP contribution in [0.1, 0.15) is 15.9 Å². The highest BCUT2D eigenvalue weighted by Crippen LogP contribution is 2.15. The van der Waals surface area contributed by atoms with Crippen LogP contribution < -0.4 is 10.6 Å². The monoisotopic (exact) mass is 337 g/mol. The van der Waals surface area contributed by atoms with Gasteiger partial charge in [-0.3, -0.25) is 4.79 Å². The van der Waals surface area contributed by atoms with Crippen LogP contribution >= 0.6 is 12.4 Å². The molecule has 124 valence electrons. The molecule has 23 heavy (non-hydrogen) atoms. The van der Waals surface area contributed by atoms with Crippen molar-refractivity contribution in [3.8, 4) is 5.69 Å². The third-order valence-corrected chi connectivity index (χ3v) is 3.95. The van der Waals surface area contributed by atoms with E-state index in [9.17, 15) is 9.90 Å². The largest absolute Gasteiger partial charge is 0.391 e. The van der Waals surface area contributed by atoms with Gasteiger partial charge in [0, 0.05) is 31.1 Å². The van der Waals surface area contributed by atoms with Crippen LogP contribution in [0, 0.1) is 12.8 Å². The van der Waals surface area contributed by atoms with Gasteiger partial charge in [-0.2, -0.15) is 5.10 Å². The Morgan fingerprint density at radius 2 is 2.30 bits per heavy atom. The lowest BCUT2D eigenvalue weighted by molar-refractivity contribution is 0.0927. The molecular weight excluding hydrogens is 318 g/mol. The van der Waals surface area contributed by atoms with E-state index >= 15 is 0 Å². The van der Waals surface area contributed by atoms with Crippen molar-refractivity contribution in [3.63, 3.8) is 0 Å². The molecule has 2 unspecified atom stereocenters. The Kier molecular flexibility index (Phi) is 5.70. The van der Waals surface area contributed by atoms with Crippen LogP contribution in [-0.2, 0) is 0 Å². The SMILES string of the molecule is Cc1cc(C(=O)NCC2CNCC2O)ccc1-n1cncn1.Cl. The fourth-order valence-electron chi connectivity index (χ4n) is 2.64. The summed E-state index contributed by atoms with van der Waals surface area (Å²) in [5.41, 5.74) is 2.44. The normalized spacial score (nSPS) is 20.1. The fourth-order valence-corrected chi connectivity index (χ4v) is 2.64. The van der Waals surface area contributed by atoms with Gasteiger partial charge in [0.2, 0.25) is 0 Å². The molecule has 0 bridgehead atoms. The highest BCUT2D eigenvalue weighted by atomic mass is 35.5. The third kappa shape index (κ3) is 3.87. The molecule has 2 aromatic rings. The van der Waals surface area contributed by atoms with Gasteiger partial charge >= 0.3 is 0 Å². The molecule has 7 nitrogen and oxygen atoms in total. The minimum absolute atomic E-state index is 0. The molecule has 1 aromatic heterocycles. The topological polar surface area (TPSA) is 92.1 Å². The van der Waals surface area contributed by atoms with Crippen LogP contribution in [0.25, 0.3) is 5.69 Å². The van der Waals surface area contributed by atoms with E-state index in [4.69, 9.17) is 0 Å². The molecule has 3 rings (SSSR count). The van der Waals surface area contributed by atoms with Crippen LogP contribution in [0.15, 0.2) is 30.9 Å². The van der Waals surface area contributed by atoms with Crippen LogP contribution in [0.3, 0.4) is 0 Å². The van der Waals surface area contributed by atoms with Gasteiger partial charge in [0.15, 0.2) is 0 Å². The molecule has 1 amide bonds. The minimum Gasteiger partial charge on any atom is -0.391 e. The summed E-state index contributed by atoms with van der Waals surface area (Å²) in [5, 5.41) is 19.8. The Bertz CT molecular complexity index is 662. The predicted molar refractivity (Wildman–Crippen MR) is 88.0 cm³/mol. The van der Waals surface area contributed by atoms with E-state index in [2.05, 4.69) is 20.7 Å². The zero-order valence-corrected chi connectivity index (χ0v) is 13.6. The van der Waals surface area contributed by atoms with E-state index < -0.39 is 6.10 Å². The number of carbonyl (C=O) groups is 1. The number of nitrogens with one attached hydrogen (secondary N) is 2. The number of aliphatic hydroxyl groups excluding tert-OH is 1. The van der Waals surface area contributed by atoms with Crippen molar-refractivity contribution in [2.45, 2.75) is 13.0 Å². The first kappa shape index (κ1) is 17.4. The first-order chi connectivity index (χ1) is 10.6. The van der Waals surface area contributed by atoms with Crippen LogP contribution in [0.5, 0.6) is 0 Å². The minimum atomic E-state index is -0.392. The lowest BCUT2D eigenvalue weighted by Crippen LogP contribution is -2.34. The summed E-state index contributed by atoms with van der Waals surface area (Å²) in [4.78, 5) is 16.1. The molecule has 0 aliphatic carbocycles. The van der Waals surface area contributed by atoms with Gasteiger partial charge in [0.25, 0.3) is 5.91 Å². The second-order valence-electron chi connectivity index (χ2n) is 5.54. The number of carbonyl (C=O) groups excluding carboxylic acids is 1. The Labute approximate surface area is 140 Å². The van der Waals surface area contributed by atoms with Crippen LogP contribution in [0.4, 0.5) is 0 Å². The van der Waals surface area contributed by atoms with Crippen molar-refractivity contribution in [2.24, 2.45) is 5.92 Å². The number of halogens is 1. The summed E-state index contributed by atoms with van der Waals surface area (Å²) in [7, 11) is 0. The van der Waals surface area contributed by atoms with Crippen molar-refractivity contribution in [3.05, 3.63) is 42.0 Å². The Hall–Kier alpha value is -1.96. The average Bonchev–Trinajstić information content (AvgIpc) is 3.16. The summed E-state index contributed by atoms with van der Waals surface area (Å²) < 4.78 is 1.66. The van der Waals surface area contributed by atoms with Crippen molar-refractivity contribution in [1.82, 2.24) is 25.4 Å². The number of amides is 1. The van der Waals surface area contributed by atoms with Gasteiger partial charge in [-0.25, -0.2) is 9.67 Å². The van der Waals surface area contributed by atoms with Gasteiger partial charge in [-0.1, -0.05) is 0 Å². The number of aliphatic hydroxyl groups is 1. The number of nitrogens with zero attached hydrogens (tertiary/aromatic N) is 3. The summed E-state index contributed by atoms with van der Waals surface area (Å²) in [5.74, 6) is -0.0631. The molecule has 1 aliphatic rings. The number of hydrogen-bond donors (Lipinski definition) is 3. The Morgan fingerprint density at radius 3 is 2.91 bits per heavy atom. The number of hydrogen-bond acceptors (Lipinski definition) is 5. The molecule has 0 spiro atoms. The maximum absolute atomic E-state index is 12.2. The fraction of sp³-hybridized carbons (Fsp3) is 0.400. The van der Waals surface area contributed by atoms with E-state index in [0.717, 1.165) is 17.8 Å². The number of benzene rings is 1. The van der Waals surface area contributed by atoms with Crippen molar-refractivity contribution >= 4 is 18.3 Å². The van der Waals surface area contributed by atoms with Gasteiger partial charge in [0.05, 0.1) is 11.8 Å². The standard InChI is InChI=1S/C15H19N5O2.ClH/c1-10-4-11(2-3-13(10)20-9-17-8-19-20)15(22)18-6-12-5-16-7-14(12)21;/h2-4,8-9,12,14,16,21H,5-7H2,1H3,(H,18,22);1H. The van der Waals surface area contributed by atoms with Gasteiger partial charge in [0.1, 0.15) is 12.7 Å². The van der Waals surface area contributed by atoms with E-state index in [1.54, 1.807) is 17.1 Å². The predicted octanol–water partition coefficient (Wildman–Crippen LogP) is 0.308. The molecule has 1 aliphatic heterocycles. The first-order valence-corrected chi connectivity index (χ1v) is 7.28. The van der Waals surface area contributed by atoms with Gasteiger partial charge in [-0.05, 0) is 30.7 Å². The van der Waals surface area contributed by atoms with E-state index in [0.29, 0.717) is 18.7 Å². The molecule has 0 radical (unpaired) electrons. The summed E-state index contributed by atoms with van der Waals surface area (Å²) >= 11 is 0. The molecule has 8 heteroatoms.